The number of amides is 2. The smallest absolute Gasteiger partial charge is 0.256 e. The third-order valence-electron chi connectivity index (χ3n) is 6.05. The number of para-hydroxylation sites is 1. The minimum atomic E-state index is -0.274. The molecule has 5 heteroatoms. The predicted molar refractivity (Wildman–Crippen MR) is 97.4 cm³/mol. The Bertz CT molecular complexity index is 844. The summed E-state index contributed by atoms with van der Waals surface area (Å²) in [6, 6.07) is 8.21. The summed E-state index contributed by atoms with van der Waals surface area (Å²) in [6.07, 6.45) is 1.89. The molecule has 1 unspecified atom stereocenters. The Hall–Kier alpha value is -2.30. The number of fused-ring (bicyclic) bond motifs is 1. The standard InChI is InChI=1S/C20H25N3O2/c1-12-16(14-6-4-5-7-15(14)21-12)18(24)23-10-8-13(9-11-23)17-20(2,3)19(25)22-17/h4-7,13,17,21H,8-11H2,1-3H3,(H,22,25). The Kier molecular flexibility index (Phi) is 3.63. The van der Waals surface area contributed by atoms with Gasteiger partial charge >= 0.3 is 0 Å². The molecule has 0 bridgehead atoms. The highest BCUT2D eigenvalue weighted by atomic mass is 16.2. The van der Waals surface area contributed by atoms with Gasteiger partial charge in [0.05, 0.1) is 11.0 Å². The average Bonchev–Trinajstić information content (AvgIpc) is 2.95. The Balaban J connectivity index is 1.48. The first kappa shape index (κ1) is 16.2. The van der Waals surface area contributed by atoms with Gasteiger partial charge in [0.1, 0.15) is 0 Å². The fourth-order valence-electron chi connectivity index (χ4n) is 4.42. The fourth-order valence-corrected chi connectivity index (χ4v) is 4.42. The van der Waals surface area contributed by atoms with E-state index in [1.807, 2.05) is 49.9 Å². The minimum Gasteiger partial charge on any atom is -0.358 e. The fraction of sp³-hybridized carbons (Fsp3) is 0.500. The van der Waals surface area contributed by atoms with Crippen LogP contribution in [0.3, 0.4) is 0 Å². The normalized spacial score (nSPS) is 23.4. The number of benzene rings is 1. The van der Waals surface area contributed by atoms with Gasteiger partial charge in [0, 0.05) is 35.7 Å². The zero-order valence-electron chi connectivity index (χ0n) is 15.1. The number of carbonyl (C=O) groups excluding carboxylic acids is 2. The number of nitrogens with zero attached hydrogens (tertiary/aromatic N) is 1. The molecule has 1 aromatic carbocycles. The first-order valence-corrected chi connectivity index (χ1v) is 9.07. The lowest BCUT2D eigenvalue weighted by molar-refractivity contribution is -0.146. The van der Waals surface area contributed by atoms with Crippen LogP contribution < -0.4 is 5.32 Å². The van der Waals surface area contributed by atoms with Gasteiger partial charge in [-0.1, -0.05) is 18.2 Å². The second-order valence-electron chi connectivity index (χ2n) is 7.97. The number of aromatic amines is 1. The number of aromatic nitrogens is 1. The molecule has 2 amide bonds. The van der Waals surface area contributed by atoms with E-state index >= 15 is 0 Å². The van der Waals surface area contributed by atoms with Crippen LogP contribution in [0.5, 0.6) is 0 Å². The number of hydrogen-bond donors (Lipinski definition) is 2. The zero-order valence-corrected chi connectivity index (χ0v) is 15.1. The summed E-state index contributed by atoms with van der Waals surface area (Å²) in [5, 5.41) is 4.06. The Morgan fingerprint density at radius 3 is 2.52 bits per heavy atom. The van der Waals surface area contributed by atoms with Crippen molar-refractivity contribution in [3.05, 3.63) is 35.5 Å². The third kappa shape index (κ3) is 2.44. The lowest BCUT2D eigenvalue weighted by Gasteiger charge is -2.50. The van der Waals surface area contributed by atoms with Gasteiger partial charge in [-0.15, -0.1) is 0 Å². The molecule has 2 fully saturated rings. The molecule has 2 aliphatic rings. The number of piperidine rings is 1. The summed E-state index contributed by atoms with van der Waals surface area (Å²) < 4.78 is 0. The molecule has 132 valence electrons. The topological polar surface area (TPSA) is 65.2 Å². The van der Waals surface area contributed by atoms with Crippen LogP contribution in [0.25, 0.3) is 10.9 Å². The monoisotopic (exact) mass is 339 g/mol. The van der Waals surface area contributed by atoms with Gasteiger partial charge in [-0.2, -0.15) is 0 Å². The molecule has 2 saturated heterocycles. The van der Waals surface area contributed by atoms with Crippen molar-refractivity contribution in [1.29, 1.82) is 0 Å². The molecule has 2 aliphatic heterocycles. The Morgan fingerprint density at radius 1 is 1.20 bits per heavy atom. The lowest BCUT2D eigenvalue weighted by atomic mass is 9.68. The minimum absolute atomic E-state index is 0.116. The maximum atomic E-state index is 13.1. The summed E-state index contributed by atoms with van der Waals surface area (Å²) in [6.45, 7) is 7.51. The molecule has 1 aromatic heterocycles. The second-order valence-corrected chi connectivity index (χ2v) is 7.97. The lowest BCUT2D eigenvalue weighted by Crippen LogP contribution is -2.68. The number of H-pyrrole nitrogens is 1. The number of β-lactam (4-membered cyclic amide) rings is 1. The summed E-state index contributed by atoms with van der Waals surface area (Å²) in [4.78, 5) is 30.1. The Labute approximate surface area is 147 Å². The van der Waals surface area contributed by atoms with Crippen molar-refractivity contribution in [2.24, 2.45) is 11.3 Å². The van der Waals surface area contributed by atoms with Gasteiger partial charge in [0.2, 0.25) is 5.91 Å². The molecule has 1 atom stereocenters. The molecular weight excluding hydrogens is 314 g/mol. The molecule has 3 heterocycles. The van der Waals surface area contributed by atoms with Crippen LogP contribution in [0.1, 0.15) is 42.7 Å². The summed E-state index contributed by atoms with van der Waals surface area (Å²) in [7, 11) is 0. The highest BCUT2D eigenvalue weighted by Crippen LogP contribution is 2.38. The van der Waals surface area contributed by atoms with E-state index < -0.39 is 0 Å². The SMILES string of the molecule is Cc1[nH]c2ccccc2c1C(=O)N1CCC(C2NC(=O)C2(C)C)CC1. The van der Waals surface area contributed by atoms with E-state index in [1.54, 1.807) is 0 Å². The Morgan fingerprint density at radius 2 is 1.88 bits per heavy atom. The molecular formula is C20H25N3O2. The van der Waals surface area contributed by atoms with Gasteiger partial charge < -0.3 is 15.2 Å². The summed E-state index contributed by atoms with van der Waals surface area (Å²) in [5.74, 6) is 0.719. The average molecular weight is 339 g/mol. The number of nitrogens with one attached hydrogen (secondary N) is 2. The van der Waals surface area contributed by atoms with Crippen LogP contribution in [0.15, 0.2) is 24.3 Å². The van der Waals surface area contributed by atoms with Gasteiger partial charge in [-0.3, -0.25) is 9.59 Å². The number of rotatable bonds is 2. The largest absolute Gasteiger partial charge is 0.358 e. The van der Waals surface area contributed by atoms with Crippen molar-refractivity contribution in [2.45, 2.75) is 39.7 Å². The maximum Gasteiger partial charge on any atom is 0.256 e. The highest BCUT2D eigenvalue weighted by Gasteiger charge is 2.51. The molecule has 0 aliphatic carbocycles. The quantitative estimate of drug-likeness (QED) is 0.826. The molecule has 25 heavy (non-hydrogen) atoms. The number of aryl methyl sites for hydroxylation is 1. The van der Waals surface area contributed by atoms with Crippen LogP contribution in [0.2, 0.25) is 0 Å². The van der Waals surface area contributed by atoms with Crippen LogP contribution in [-0.4, -0.2) is 40.8 Å². The predicted octanol–water partition coefficient (Wildman–Crippen LogP) is 2.85. The summed E-state index contributed by atoms with van der Waals surface area (Å²) in [5.41, 5.74) is 2.47. The van der Waals surface area contributed by atoms with Crippen molar-refractivity contribution in [2.75, 3.05) is 13.1 Å². The van der Waals surface area contributed by atoms with E-state index in [0.717, 1.165) is 48.1 Å². The second kappa shape index (κ2) is 5.61. The van der Waals surface area contributed by atoms with Crippen LogP contribution in [0, 0.1) is 18.3 Å². The first-order chi connectivity index (χ1) is 11.9. The molecule has 5 nitrogen and oxygen atoms in total. The van der Waals surface area contributed by atoms with Gasteiger partial charge in [0.15, 0.2) is 0 Å². The van der Waals surface area contributed by atoms with E-state index in [-0.39, 0.29) is 23.3 Å². The first-order valence-electron chi connectivity index (χ1n) is 9.07. The van der Waals surface area contributed by atoms with Gasteiger partial charge in [-0.25, -0.2) is 0 Å². The number of hydrogen-bond acceptors (Lipinski definition) is 2. The van der Waals surface area contributed by atoms with Crippen LogP contribution in [-0.2, 0) is 4.79 Å². The van der Waals surface area contributed by atoms with Crippen LogP contribution >= 0.6 is 0 Å². The third-order valence-corrected chi connectivity index (χ3v) is 6.05. The molecule has 2 aromatic rings. The van der Waals surface area contributed by atoms with Crippen molar-refractivity contribution in [1.82, 2.24) is 15.2 Å². The molecule has 4 rings (SSSR count). The maximum absolute atomic E-state index is 13.1. The zero-order chi connectivity index (χ0) is 17.8. The van der Waals surface area contributed by atoms with E-state index in [0.29, 0.717) is 5.92 Å². The molecule has 0 spiro atoms. The van der Waals surface area contributed by atoms with E-state index in [2.05, 4.69) is 10.3 Å². The molecule has 0 saturated carbocycles. The molecule has 2 N–H and O–H groups in total. The highest BCUT2D eigenvalue weighted by molar-refractivity contribution is 6.08. The van der Waals surface area contributed by atoms with Crippen molar-refractivity contribution < 1.29 is 9.59 Å². The number of likely N-dealkylation sites (tertiary alicyclic amines) is 1. The van der Waals surface area contributed by atoms with E-state index in [4.69, 9.17) is 0 Å². The number of carbonyl (C=O) groups is 2. The summed E-state index contributed by atoms with van der Waals surface area (Å²) >= 11 is 0. The molecule has 0 radical (unpaired) electrons. The van der Waals surface area contributed by atoms with E-state index in [9.17, 15) is 9.59 Å². The van der Waals surface area contributed by atoms with Crippen molar-refractivity contribution in [3.63, 3.8) is 0 Å². The van der Waals surface area contributed by atoms with E-state index in [1.165, 1.54) is 0 Å². The van der Waals surface area contributed by atoms with Crippen molar-refractivity contribution in [3.8, 4) is 0 Å². The van der Waals surface area contributed by atoms with Gasteiger partial charge in [-0.05, 0) is 45.6 Å². The van der Waals surface area contributed by atoms with Crippen molar-refractivity contribution >= 4 is 22.7 Å². The van der Waals surface area contributed by atoms with Gasteiger partial charge in [0.25, 0.3) is 5.91 Å². The van der Waals surface area contributed by atoms with Crippen LogP contribution in [0.4, 0.5) is 0 Å².